The third kappa shape index (κ3) is 3.97. The van der Waals surface area contributed by atoms with Gasteiger partial charge in [-0.25, -0.2) is 4.39 Å². The van der Waals surface area contributed by atoms with E-state index in [1.54, 1.807) is 6.07 Å². The van der Waals surface area contributed by atoms with Gasteiger partial charge in [-0.15, -0.1) is 0 Å². The van der Waals surface area contributed by atoms with E-state index in [4.69, 9.17) is 0 Å². The lowest BCUT2D eigenvalue weighted by atomic mass is 9.77. The van der Waals surface area contributed by atoms with Crippen molar-refractivity contribution in [3.63, 3.8) is 0 Å². The van der Waals surface area contributed by atoms with Crippen molar-refractivity contribution in [3.05, 3.63) is 29.6 Å². The summed E-state index contributed by atoms with van der Waals surface area (Å²) >= 11 is 0. The summed E-state index contributed by atoms with van der Waals surface area (Å²) in [5.74, 6) is 0.433. The van der Waals surface area contributed by atoms with Crippen LogP contribution in [0.4, 0.5) is 4.39 Å². The van der Waals surface area contributed by atoms with Crippen LogP contribution < -0.4 is 0 Å². The molecule has 0 spiro atoms. The fourth-order valence-corrected chi connectivity index (χ4v) is 3.44. The molecule has 2 unspecified atom stereocenters. The van der Waals surface area contributed by atoms with Gasteiger partial charge in [0.2, 0.25) is 0 Å². The van der Waals surface area contributed by atoms with Crippen LogP contribution in [0.3, 0.4) is 0 Å². The largest absolute Gasteiger partial charge is 0.508 e. The number of nitrogens with zero attached hydrogens (tertiary/aromatic N) is 1. The first kappa shape index (κ1) is 16.3. The molecule has 1 aliphatic rings. The van der Waals surface area contributed by atoms with Crippen LogP contribution in [0.2, 0.25) is 0 Å². The van der Waals surface area contributed by atoms with E-state index in [9.17, 15) is 9.50 Å². The lowest BCUT2D eigenvalue weighted by molar-refractivity contribution is 0.188. The molecule has 1 fully saturated rings. The molecule has 0 saturated carbocycles. The zero-order chi connectivity index (χ0) is 15.6. The highest BCUT2D eigenvalue weighted by Gasteiger charge is 2.29. The van der Waals surface area contributed by atoms with Crippen molar-refractivity contribution in [1.82, 2.24) is 4.90 Å². The summed E-state index contributed by atoms with van der Waals surface area (Å²) in [5, 5.41) is 9.98. The number of halogens is 1. The summed E-state index contributed by atoms with van der Waals surface area (Å²) in [4.78, 5) is 2.42. The Kier molecular flexibility index (Phi) is 4.92. The van der Waals surface area contributed by atoms with Crippen molar-refractivity contribution >= 4 is 0 Å². The summed E-state index contributed by atoms with van der Waals surface area (Å²) in [6.45, 7) is 11.2. The lowest BCUT2D eigenvalue weighted by Crippen LogP contribution is -2.29. The van der Waals surface area contributed by atoms with Gasteiger partial charge in [-0.05, 0) is 56.7 Å². The molecule has 0 aromatic heterocycles. The van der Waals surface area contributed by atoms with Crippen LogP contribution in [0.25, 0.3) is 0 Å². The van der Waals surface area contributed by atoms with Crippen molar-refractivity contribution in [2.24, 2.45) is 11.3 Å². The third-order valence-corrected chi connectivity index (χ3v) is 4.98. The summed E-state index contributed by atoms with van der Waals surface area (Å²) in [6.07, 6.45) is 3.64. The van der Waals surface area contributed by atoms with Gasteiger partial charge in [0.25, 0.3) is 0 Å². The average Bonchev–Trinajstić information content (AvgIpc) is 2.63. The maximum absolute atomic E-state index is 13.1. The lowest BCUT2D eigenvalue weighted by Gasteiger charge is -2.31. The minimum Gasteiger partial charge on any atom is -0.508 e. The van der Waals surface area contributed by atoms with Gasteiger partial charge in [0.15, 0.2) is 0 Å². The first-order valence-electron chi connectivity index (χ1n) is 8.01. The highest BCUT2D eigenvalue weighted by atomic mass is 19.1. The Balaban J connectivity index is 2.08. The molecule has 1 heterocycles. The van der Waals surface area contributed by atoms with Gasteiger partial charge in [-0.1, -0.05) is 26.8 Å². The van der Waals surface area contributed by atoms with Crippen molar-refractivity contribution in [2.75, 3.05) is 13.1 Å². The van der Waals surface area contributed by atoms with Crippen LogP contribution in [0, 0.1) is 17.2 Å². The van der Waals surface area contributed by atoms with Gasteiger partial charge >= 0.3 is 0 Å². The summed E-state index contributed by atoms with van der Waals surface area (Å²) < 4.78 is 13.1. The molecule has 1 N–H and O–H groups in total. The molecular weight excluding hydrogens is 265 g/mol. The molecule has 1 aliphatic heterocycles. The second kappa shape index (κ2) is 6.35. The van der Waals surface area contributed by atoms with Crippen LogP contribution in [0.1, 0.15) is 58.6 Å². The number of likely N-dealkylation sites (tertiary alicyclic amines) is 1. The Labute approximate surface area is 128 Å². The molecule has 21 heavy (non-hydrogen) atoms. The van der Waals surface area contributed by atoms with Crippen LogP contribution in [0.5, 0.6) is 5.75 Å². The molecule has 1 aromatic carbocycles. The van der Waals surface area contributed by atoms with Crippen molar-refractivity contribution in [3.8, 4) is 5.75 Å². The third-order valence-electron chi connectivity index (χ3n) is 4.98. The fourth-order valence-electron chi connectivity index (χ4n) is 3.44. The number of phenolic OH excluding ortho intramolecular Hbond substituents is 1. The highest BCUT2D eigenvalue weighted by Crippen LogP contribution is 2.37. The predicted octanol–water partition coefficient (Wildman–Crippen LogP) is 4.74. The maximum Gasteiger partial charge on any atom is 0.126 e. The predicted molar refractivity (Wildman–Crippen MR) is 84.8 cm³/mol. The topological polar surface area (TPSA) is 23.5 Å². The number of rotatable bonds is 2. The Morgan fingerprint density at radius 2 is 1.95 bits per heavy atom. The normalized spacial score (nSPS) is 22.8. The van der Waals surface area contributed by atoms with Crippen molar-refractivity contribution < 1.29 is 9.50 Å². The van der Waals surface area contributed by atoms with E-state index >= 15 is 0 Å². The Morgan fingerprint density at radius 3 is 2.57 bits per heavy atom. The quantitative estimate of drug-likeness (QED) is 0.851. The zero-order valence-electron chi connectivity index (χ0n) is 13.7. The summed E-state index contributed by atoms with van der Waals surface area (Å²) in [6, 6.07) is 4.48. The van der Waals surface area contributed by atoms with Gasteiger partial charge in [0.1, 0.15) is 11.6 Å². The molecule has 0 aliphatic carbocycles. The first-order chi connectivity index (χ1) is 9.79. The van der Waals surface area contributed by atoms with Gasteiger partial charge in [-0.3, -0.25) is 4.90 Å². The number of hydrogen-bond acceptors (Lipinski definition) is 2. The van der Waals surface area contributed by atoms with E-state index < -0.39 is 0 Å². The monoisotopic (exact) mass is 293 g/mol. The van der Waals surface area contributed by atoms with E-state index in [1.807, 2.05) is 0 Å². The second-order valence-corrected chi connectivity index (χ2v) is 7.41. The second-order valence-electron chi connectivity index (χ2n) is 7.41. The maximum atomic E-state index is 13.1. The number of benzene rings is 1. The van der Waals surface area contributed by atoms with Gasteiger partial charge in [0, 0.05) is 17.7 Å². The number of phenols is 1. The van der Waals surface area contributed by atoms with E-state index in [0.29, 0.717) is 5.41 Å². The zero-order valence-corrected chi connectivity index (χ0v) is 13.7. The Morgan fingerprint density at radius 1 is 1.24 bits per heavy atom. The van der Waals surface area contributed by atoms with Gasteiger partial charge in [-0.2, -0.15) is 0 Å². The molecule has 1 saturated heterocycles. The number of aromatic hydroxyl groups is 1. The molecule has 1 aromatic rings. The van der Waals surface area contributed by atoms with Crippen LogP contribution in [-0.4, -0.2) is 23.1 Å². The van der Waals surface area contributed by atoms with Crippen molar-refractivity contribution in [2.45, 2.75) is 53.0 Å². The molecule has 118 valence electrons. The average molecular weight is 293 g/mol. The molecule has 2 atom stereocenters. The first-order valence-corrected chi connectivity index (χ1v) is 8.01. The van der Waals surface area contributed by atoms with Crippen molar-refractivity contribution in [1.29, 1.82) is 0 Å². The molecule has 2 nitrogen and oxygen atoms in total. The van der Waals surface area contributed by atoms with E-state index in [0.717, 1.165) is 24.6 Å². The van der Waals surface area contributed by atoms with Crippen LogP contribution in [0.15, 0.2) is 18.2 Å². The fraction of sp³-hybridized carbons (Fsp3) is 0.667. The highest BCUT2D eigenvalue weighted by molar-refractivity contribution is 5.35. The van der Waals surface area contributed by atoms with Crippen LogP contribution in [-0.2, 0) is 0 Å². The SMILES string of the molecule is CC(c1ccc(F)cc1O)N1CCCC(C(C)(C)C)CC1. The standard InChI is InChI=1S/C18H28FNO/c1-13(16-8-7-15(19)12-17(16)21)20-10-5-6-14(9-11-20)18(2,3)4/h7-8,12-14,21H,5-6,9-11H2,1-4H3. The van der Waals surface area contributed by atoms with E-state index in [2.05, 4.69) is 32.6 Å². The molecule has 0 radical (unpaired) electrons. The summed E-state index contributed by atoms with van der Waals surface area (Å²) in [7, 11) is 0. The Hall–Kier alpha value is -1.09. The molecule has 2 rings (SSSR count). The summed E-state index contributed by atoms with van der Waals surface area (Å²) in [5.41, 5.74) is 1.18. The van der Waals surface area contributed by atoms with Gasteiger partial charge in [0.05, 0.1) is 0 Å². The Bertz CT molecular complexity index is 481. The molecular formula is C18H28FNO. The minimum atomic E-state index is -0.382. The smallest absolute Gasteiger partial charge is 0.126 e. The number of hydrogen-bond donors (Lipinski definition) is 1. The van der Waals surface area contributed by atoms with Crippen LogP contribution >= 0.6 is 0 Å². The minimum absolute atomic E-state index is 0.0686. The molecule has 0 amide bonds. The van der Waals surface area contributed by atoms with Gasteiger partial charge < -0.3 is 5.11 Å². The molecule has 3 heteroatoms. The molecule has 0 bridgehead atoms. The van der Waals surface area contributed by atoms with E-state index in [1.165, 1.54) is 31.4 Å². The van der Waals surface area contributed by atoms with E-state index in [-0.39, 0.29) is 17.6 Å².